The maximum Gasteiger partial charge on any atom is 0.237 e. The minimum Gasteiger partial charge on any atom is -0.353 e. The van der Waals surface area contributed by atoms with Crippen molar-refractivity contribution in [3.63, 3.8) is 0 Å². The molecule has 1 aromatic rings. The Morgan fingerprint density at radius 2 is 2.08 bits per heavy atom. The van der Waals surface area contributed by atoms with Crippen LogP contribution in [0.3, 0.4) is 0 Å². The highest BCUT2D eigenvalue weighted by molar-refractivity contribution is 5.83. The van der Waals surface area contributed by atoms with E-state index in [4.69, 9.17) is 0 Å². The van der Waals surface area contributed by atoms with Crippen molar-refractivity contribution in [2.24, 2.45) is 5.41 Å². The van der Waals surface area contributed by atoms with Crippen LogP contribution in [0.25, 0.3) is 0 Å². The number of carbonyl (C=O) groups is 2. The van der Waals surface area contributed by atoms with Gasteiger partial charge in [-0.05, 0) is 42.4 Å². The molecule has 1 spiro atoms. The Hall–Kier alpha value is -1.95. The molecule has 3 heterocycles. The van der Waals surface area contributed by atoms with E-state index in [9.17, 15) is 14.0 Å². The Bertz CT molecular complexity index is 685. The van der Waals surface area contributed by atoms with Gasteiger partial charge in [0.1, 0.15) is 5.82 Å². The number of nitrogens with zero attached hydrogens (tertiary/aromatic N) is 2. The van der Waals surface area contributed by atoms with Gasteiger partial charge in [-0.1, -0.05) is 12.1 Å². The first-order valence-electron chi connectivity index (χ1n) is 9.09. The van der Waals surface area contributed by atoms with E-state index >= 15 is 0 Å². The van der Waals surface area contributed by atoms with Crippen LogP contribution in [0.1, 0.15) is 24.8 Å². The molecule has 134 valence electrons. The number of halogens is 1. The Kier molecular flexibility index (Phi) is 4.23. The van der Waals surface area contributed by atoms with Gasteiger partial charge in [-0.15, -0.1) is 0 Å². The van der Waals surface area contributed by atoms with E-state index in [0.717, 1.165) is 57.5 Å². The van der Waals surface area contributed by atoms with Gasteiger partial charge in [0.2, 0.25) is 11.8 Å². The quantitative estimate of drug-likeness (QED) is 0.876. The molecule has 0 radical (unpaired) electrons. The highest BCUT2D eigenvalue weighted by Crippen LogP contribution is 2.43. The summed E-state index contributed by atoms with van der Waals surface area (Å²) in [6.45, 7) is 4.10. The first-order chi connectivity index (χ1) is 12.0. The van der Waals surface area contributed by atoms with E-state index in [1.165, 1.54) is 12.1 Å². The molecule has 0 bridgehead atoms. The minimum absolute atomic E-state index is 0.0169. The summed E-state index contributed by atoms with van der Waals surface area (Å²) in [5, 5.41) is 2.96. The van der Waals surface area contributed by atoms with E-state index in [1.54, 1.807) is 12.1 Å². The summed E-state index contributed by atoms with van der Waals surface area (Å²) in [6.07, 6.45) is 3.05. The first-order valence-corrected chi connectivity index (χ1v) is 9.09. The molecule has 1 unspecified atom stereocenters. The predicted octanol–water partition coefficient (Wildman–Crippen LogP) is 1.18. The monoisotopic (exact) mass is 345 g/mol. The molecule has 3 aliphatic rings. The van der Waals surface area contributed by atoms with E-state index in [2.05, 4.69) is 10.2 Å². The molecule has 2 amide bonds. The fourth-order valence-corrected chi connectivity index (χ4v) is 4.60. The summed E-state index contributed by atoms with van der Waals surface area (Å²) in [4.78, 5) is 28.8. The third kappa shape index (κ3) is 3.27. The number of carbonyl (C=O) groups excluding carboxylic acids is 2. The average Bonchev–Trinajstić information content (AvgIpc) is 2.95. The molecular weight excluding hydrogens is 321 g/mol. The second-order valence-electron chi connectivity index (χ2n) is 7.67. The molecule has 3 aliphatic heterocycles. The number of piperazine rings is 1. The lowest BCUT2D eigenvalue weighted by atomic mass is 9.76. The third-order valence-electron chi connectivity index (χ3n) is 6.03. The molecule has 25 heavy (non-hydrogen) atoms. The van der Waals surface area contributed by atoms with Crippen LogP contribution in [-0.4, -0.2) is 60.4 Å². The highest BCUT2D eigenvalue weighted by Gasteiger charge is 2.49. The minimum atomic E-state index is -0.302. The molecule has 4 rings (SSSR count). The second-order valence-corrected chi connectivity index (χ2v) is 7.67. The summed E-state index contributed by atoms with van der Waals surface area (Å²) in [6, 6.07) is 6.27. The molecule has 1 aromatic carbocycles. The lowest BCUT2D eigenvalue weighted by molar-refractivity contribution is -0.133. The second kappa shape index (κ2) is 6.41. The lowest BCUT2D eigenvalue weighted by Gasteiger charge is -2.39. The molecule has 5 nitrogen and oxygen atoms in total. The van der Waals surface area contributed by atoms with Crippen LogP contribution >= 0.6 is 0 Å². The van der Waals surface area contributed by atoms with Crippen LogP contribution in [0.15, 0.2) is 24.3 Å². The van der Waals surface area contributed by atoms with Crippen molar-refractivity contribution >= 4 is 11.8 Å². The summed E-state index contributed by atoms with van der Waals surface area (Å²) < 4.78 is 13.3. The van der Waals surface area contributed by atoms with E-state index in [-0.39, 0.29) is 35.5 Å². The summed E-state index contributed by atoms with van der Waals surface area (Å²) in [5.41, 5.74) is 0.891. The Balaban J connectivity index is 1.35. The SMILES string of the molecule is O=C1NCCN2CC3(CCN(C(=O)Cc4cccc(F)c4)CC3)CC12. The smallest absolute Gasteiger partial charge is 0.237 e. The Morgan fingerprint density at radius 3 is 2.80 bits per heavy atom. The number of nitrogens with one attached hydrogen (secondary N) is 1. The number of amides is 2. The molecule has 6 heteroatoms. The van der Waals surface area contributed by atoms with E-state index in [1.807, 2.05) is 4.90 Å². The maximum absolute atomic E-state index is 13.3. The van der Waals surface area contributed by atoms with Crippen molar-refractivity contribution in [3.8, 4) is 0 Å². The van der Waals surface area contributed by atoms with Gasteiger partial charge in [-0.3, -0.25) is 14.5 Å². The van der Waals surface area contributed by atoms with Gasteiger partial charge < -0.3 is 10.2 Å². The van der Waals surface area contributed by atoms with Crippen LogP contribution in [0.2, 0.25) is 0 Å². The average molecular weight is 345 g/mol. The Morgan fingerprint density at radius 1 is 1.28 bits per heavy atom. The number of hydrogen-bond donors (Lipinski definition) is 1. The van der Waals surface area contributed by atoms with Crippen molar-refractivity contribution in [1.82, 2.24) is 15.1 Å². The summed E-state index contributed by atoms with van der Waals surface area (Å²) in [7, 11) is 0. The number of benzene rings is 1. The van der Waals surface area contributed by atoms with Crippen LogP contribution in [0, 0.1) is 11.2 Å². The van der Waals surface area contributed by atoms with Crippen LogP contribution in [-0.2, 0) is 16.0 Å². The topological polar surface area (TPSA) is 52.7 Å². The zero-order valence-electron chi connectivity index (χ0n) is 14.3. The van der Waals surface area contributed by atoms with E-state index < -0.39 is 0 Å². The molecular formula is C19H24FN3O2. The number of piperidine rings is 1. The fraction of sp³-hybridized carbons (Fsp3) is 0.579. The molecule has 0 aliphatic carbocycles. The number of likely N-dealkylation sites (tertiary alicyclic amines) is 1. The van der Waals surface area contributed by atoms with Crippen LogP contribution in [0.5, 0.6) is 0 Å². The highest BCUT2D eigenvalue weighted by atomic mass is 19.1. The van der Waals surface area contributed by atoms with Gasteiger partial charge >= 0.3 is 0 Å². The van der Waals surface area contributed by atoms with Crippen LogP contribution < -0.4 is 5.32 Å². The van der Waals surface area contributed by atoms with Crippen LogP contribution in [0.4, 0.5) is 4.39 Å². The lowest BCUT2D eigenvalue weighted by Crippen LogP contribution is -2.52. The molecule has 1 N–H and O–H groups in total. The van der Waals surface area contributed by atoms with Gasteiger partial charge in [0.25, 0.3) is 0 Å². The van der Waals surface area contributed by atoms with Crippen molar-refractivity contribution < 1.29 is 14.0 Å². The Labute approximate surface area is 147 Å². The standard InChI is InChI=1S/C19H24FN3O2/c20-15-3-1-2-14(10-15)11-17(24)22-7-4-19(5-8-22)12-16-18(25)21-6-9-23(16)13-19/h1-3,10,16H,4-9,11-13H2,(H,21,25). The molecule has 0 aromatic heterocycles. The number of fused-ring (bicyclic) bond motifs is 1. The molecule has 3 saturated heterocycles. The summed E-state index contributed by atoms with van der Waals surface area (Å²) in [5.74, 6) is -0.0783. The van der Waals surface area contributed by atoms with Crippen molar-refractivity contribution in [3.05, 3.63) is 35.6 Å². The number of rotatable bonds is 2. The largest absolute Gasteiger partial charge is 0.353 e. The van der Waals surface area contributed by atoms with Gasteiger partial charge in [0.05, 0.1) is 12.5 Å². The number of hydrogen-bond acceptors (Lipinski definition) is 3. The van der Waals surface area contributed by atoms with Gasteiger partial charge in [-0.2, -0.15) is 0 Å². The van der Waals surface area contributed by atoms with Gasteiger partial charge in [0, 0.05) is 32.7 Å². The zero-order valence-corrected chi connectivity index (χ0v) is 14.3. The molecule has 0 saturated carbocycles. The van der Waals surface area contributed by atoms with Gasteiger partial charge in [-0.25, -0.2) is 4.39 Å². The molecule has 1 atom stereocenters. The maximum atomic E-state index is 13.3. The van der Waals surface area contributed by atoms with Crippen molar-refractivity contribution in [2.75, 3.05) is 32.7 Å². The fourth-order valence-electron chi connectivity index (χ4n) is 4.60. The first kappa shape index (κ1) is 16.5. The van der Waals surface area contributed by atoms with Crippen molar-refractivity contribution in [2.45, 2.75) is 31.7 Å². The van der Waals surface area contributed by atoms with E-state index in [0.29, 0.717) is 0 Å². The van der Waals surface area contributed by atoms with Crippen molar-refractivity contribution in [1.29, 1.82) is 0 Å². The zero-order chi connectivity index (χ0) is 17.4. The predicted molar refractivity (Wildman–Crippen MR) is 91.3 cm³/mol. The summed E-state index contributed by atoms with van der Waals surface area (Å²) >= 11 is 0. The molecule has 3 fully saturated rings. The van der Waals surface area contributed by atoms with Gasteiger partial charge in [0.15, 0.2) is 0 Å². The third-order valence-corrected chi connectivity index (χ3v) is 6.03. The normalized spacial score (nSPS) is 25.7.